The molecule has 96 valence electrons. The molecule has 0 fully saturated rings. The van der Waals surface area contributed by atoms with Gasteiger partial charge in [-0.25, -0.2) is 4.98 Å². The number of aromatic nitrogens is 3. The molecule has 5 heteroatoms. The van der Waals surface area contributed by atoms with Crippen molar-refractivity contribution >= 4 is 5.82 Å². The van der Waals surface area contributed by atoms with E-state index in [4.69, 9.17) is 0 Å². The van der Waals surface area contributed by atoms with E-state index in [0.29, 0.717) is 0 Å². The molecule has 2 aromatic rings. The van der Waals surface area contributed by atoms with Crippen LogP contribution in [0.4, 0.5) is 5.82 Å². The van der Waals surface area contributed by atoms with Gasteiger partial charge in [0.1, 0.15) is 5.82 Å². The molecular formula is C13H19N5. The summed E-state index contributed by atoms with van der Waals surface area (Å²) in [4.78, 5) is 6.55. The highest BCUT2D eigenvalue weighted by atomic mass is 15.2. The second-order valence-corrected chi connectivity index (χ2v) is 4.46. The molecule has 0 saturated heterocycles. The Morgan fingerprint density at radius 2 is 2.22 bits per heavy atom. The molecule has 0 spiro atoms. The normalized spacial score (nSPS) is 10.9. The van der Waals surface area contributed by atoms with Gasteiger partial charge in [0, 0.05) is 50.7 Å². The van der Waals surface area contributed by atoms with Crippen LogP contribution in [-0.2, 0) is 20.1 Å². The number of anilines is 1. The van der Waals surface area contributed by atoms with Gasteiger partial charge in [-0.1, -0.05) is 6.07 Å². The Morgan fingerprint density at radius 3 is 2.89 bits per heavy atom. The summed E-state index contributed by atoms with van der Waals surface area (Å²) in [5, 5.41) is 7.29. The molecule has 1 N–H and O–H groups in total. The molecule has 0 aliphatic heterocycles. The first-order valence-electron chi connectivity index (χ1n) is 5.96. The van der Waals surface area contributed by atoms with Gasteiger partial charge in [0.2, 0.25) is 0 Å². The highest BCUT2D eigenvalue weighted by Gasteiger charge is 2.06. The zero-order valence-electron chi connectivity index (χ0n) is 11.1. The molecule has 2 rings (SSSR count). The average Bonchev–Trinajstić information content (AvgIpc) is 2.75. The predicted molar refractivity (Wildman–Crippen MR) is 72.2 cm³/mol. The summed E-state index contributed by atoms with van der Waals surface area (Å²) in [5.74, 6) is 0.940. The van der Waals surface area contributed by atoms with Crippen LogP contribution in [0.5, 0.6) is 0 Å². The van der Waals surface area contributed by atoms with E-state index in [1.165, 1.54) is 11.1 Å². The molecule has 0 bridgehead atoms. The summed E-state index contributed by atoms with van der Waals surface area (Å²) >= 11 is 0. The van der Waals surface area contributed by atoms with Crippen molar-refractivity contribution in [2.75, 3.05) is 19.4 Å². The first-order valence-corrected chi connectivity index (χ1v) is 5.96. The van der Waals surface area contributed by atoms with Crippen molar-refractivity contribution in [3.8, 4) is 0 Å². The number of nitrogens with zero attached hydrogens (tertiary/aromatic N) is 4. The van der Waals surface area contributed by atoms with E-state index < -0.39 is 0 Å². The van der Waals surface area contributed by atoms with Crippen LogP contribution in [0, 0.1) is 0 Å². The van der Waals surface area contributed by atoms with E-state index in [1.54, 1.807) is 6.20 Å². The van der Waals surface area contributed by atoms with Gasteiger partial charge in [0.25, 0.3) is 0 Å². The van der Waals surface area contributed by atoms with E-state index in [0.717, 1.165) is 18.9 Å². The molecule has 0 aliphatic carbocycles. The second-order valence-electron chi connectivity index (χ2n) is 4.46. The highest BCUT2D eigenvalue weighted by Crippen LogP contribution is 2.14. The van der Waals surface area contributed by atoms with E-state index in [1.807, 2.05) is 37.2 Å². The lowest BCUT2D eigenvalue weighted by molar-refractivity contribution is 0.319. The van der Waals surface area contributed by atoms with Gasteiger partial charge < -0.3 is 5.32 Å². The molecule has 0 saturated carbocycles. The van der Waals surface area contributed by atoms with Crippen LogP contribution in [0.15, 0.2) is 30.7 Å². The van der Waals surface area contributed by atoms with Gasteiger partial charge in [-0.3, -0.25) is 9.58 Å². The van der Waals surface area contributed by atoms with E-state index in [9.17, 15) is 0 Å². The minimum absolute atomic E-state index is 0.860. The molecule has 5 nitrogen and oxygen atoms in total. The summed E-state index contributed by atoms with van der Waals surface area (Å²) in [6.45, 7) is 1.74. The number of hydrogen-bond donors (Lipinski definition) is 1. The summed E-state index contributed by atoms with van der Waals surface area (Å²) in [7, 11) is 5.93. The molecule has 0 aliphatic rings. The molecule has 2 heterocycles. The van der Waals surface area contributed by atoms with Crippen molar-refractivity contribution in [2.24, 2.45) is 7.05 Å². The zero-order chi connectivity index (χ0) is 13.0. The largest absolute Gasteiger partial charge is 0.373 e. The van der Waals surface area contributed by atoms with Crippen molar-refractivity contribution < 1.29 is 0 Å². The number of rotatable bonds is 5. The van der Waals surface area contributed by atoms with Crippen LogP contribution >= 0.6 is 0 Å². The highest BCUT2D eigenvalue weighted by molar-refractivity contribution is 5.42. The maximum atomic E-state index is 4.31. The molecule has 0 amide bonds. The fourth-order valence-electron chi connectivity index (χ4n) is 2.00. The lowest BCUT2D eigenvalue weighted by atomic mass is 10.2. The van der Waals surface area contributed by atoms with Gasteiger partial charge in [-0.05, 0) is 13.1 Å². The maximum Gasteiger partial charge on any atom is 0.130 e. The second kappa shape index (κ2) is 5.64. The average molecular weight is 245 g/mol. The molecule has 0 atom stereocenters. The molecule has 0 unspecified atom stereocenters. The third kappa shape index (κ3) is 3.07. The molecule has 0 aromatic carbocycles. The smallest absolute Gasteiger partial charge is 0.130 e. The Bertz CT molecular complexity index is 506. The quantitative estimate of drug-likeness (QED) is 0.867. The molecule has 0 radical (unpaired) electrons. The standard InChI is InChI=1S/C13H19N5/c1-14-13-12(5-4-6-15-13)10-17(2)8-11-7-16-18(3)9-11/h4-7,9H,8,10H2,1-3H3,(H,14,15). The lowest BCUT2D eigenvalue weighted by Gasteiger charge is -2.17. The number of pyridine rings is 1. The van der Waals surface area contributed by atoms with Crippen molar-refractivity contribution in [3.63, 3.8) is 0 Å². The Labute approximate surface area is 107 Å². The minimum atomic E-state index is 0.860. The third-order valence-corrected chi connectivity index (χ3v) is 2.78. The van der Waals surface area contributed by atoms with E-state index >= 15 is 0 Å². The van der Waals surface area contributed by atoms with Gasteiger partial charge in [0.15, 0.2) is 0 Å². The number of nitrogens with one attached hydrogen (secondary N) is 1. The van der Waals surface area contributed by atoms with Crippen LogP contribution < -0.4 is 5.32 Å². The summed E-state index contributed by atoms with van der Waals surface area (Å²) in [5.41, 5.74) is 2.42. The topological polar surface area (TPSA) is 46.0 Å². The Morgan fingerprint density at radius 1 is 1.39 bits per heavy atom. The van der Waals surface area contributed by atoms with Gasteiger partial charge in [-0.2, -0.15) is 5.10 Å². The van der Waals surface area contributed by atoms with Crippen LogP contribution in [0.25, 0.3) is 0 Å². The number of aryl methyl sites for hydroxylation is 1. The molecule has 2 aromatic heterocycles. The van der Waals surface area contributed by atoms with Crippen LogP contribution in [0.1, 0.15) is 11.1 Å². The molecular weight excluding hydrogens is 226 g/mol. The monoisotopic (exact) mass is 245 g/mol. The lowest BCUT2D eigenvalue weighted by Crippen LogP contribution is -2.18. The van der Waals surface area contributed by atoms with E-state index in [2.05, 4.69) is 33.4 Å². The Balaban J connectivity index is 2.00. The van der Waals surface area contributed by atoms with Crippen LogP contribution in [-0.4, -0.2) is 33.8 Å². The van der Waals surface area contributed by atoms with Crippen molar-refractivity contribution in [2.45, 2.75) is 13.1 Å². The van der Waals surface area contributed by atoms with Gasteiger partial charge in [0.05, 0.1) is 6.20 Å². The maximum absolute atomic E-state index is 4.31. The first kappa shape index (κ1) is 12.6. The Kier molecular flexibility index (Phi) is 3.94. The van der Waals surface area contributed by atoms with Crippen LogP contribution in [0.2, 0.25) is 0 Å². The summed E-state index contributed by atoms with van der Waals surface area (Å²) in [6, 6.07) is 4.06. The Hall–Kier alpha value is -1.88. The summed E-state index contributed by atoms with van der Waals surface area (Å²) < 4.78 is 1.83. The minimum Gasteiger partial charge on any atom is -0.373 e. The fraction of sp³-hybridized carbons (Fsp3) is 0.385. The molecule has 18 heavy (non-hydrogen) atoms. The number of hydrogen-bond acceptors (Lipinski definition) is 4. The first-order chi connectivity index (χ1) is 8.69. The zero-order valence-corrected chi connectivity index (χ0v) is 11.1. The van der Waals surface area contributed by atoms with Crippen LogP contribution in [0.3, 0.4) is 0 Å². The summed E-state index contributed by atoms with van der Waals surface area (Å²) in [6.07, 6.45) is 5.74. The van der Waals surface area contributed by atoms with Gasteiger partial charge in [-0.15, -0.1) is 0 Å². The third-order valence-electron chi connectivity index (χ3n) is 2.78. The van der Waals surface area contributed by atoms with Crippen molar-refractivity contribution in [1.29, 1.82) is 0 Å². The van der Waals surface area contributed by atoms with Gasteiger partial charge >= 0.3 is 0 Å². The predicted octanol–water partition coefficient (Wildman–Crippen LogP) is 1.49. The van der Waals surface area contributed by atoms with Crippen molar-refractivity contribution in [1.82, 2.24) is 19.7 Å². The van der Waals surface area contributed by atoms with E-state index in [-0.39, 0.29) is 0 Å². The SMILES string of the molecule is CNc1ncccc1CN(C)Cc1cnn(C)c1. The van der Waals surface area contributed by atoms with Crippen molar-refractivity contribution in [3.05, 3.63) is 41.9 Å². The fourth-order valence-corrected chi connectivity index (χ4v) is 2.00.